The molecular weight excluding hydrogens is 378 g/mol. The number of benzene rings is 1. The first-order chi connectivity index (χ1) is 11.8. The van der Waals surface area contributed by atoms with Gasteiger partial charge < -0.3 is 5.32 Å². The predicted octanol–water partition coefficient (Wildman–Crippen LogP) is 2.26. The predicted molar refractivity (Wildman–Crippen MR) is 85.2 cm³/mol. The summed E-state index contributed by atoms with van der Waals surface area (Å²) in [4.78, 5) is 12.5. The third-order valence-corrected chi connectivity index (χ3v) is 6.40. The number of carbonyl (C=O) groups excluding carboxylic acids is 1. The van der Waals surface area contributed by atoms with Gasteiger partial charge in [0.15, 0.2) is 0 Å². The zero-order valence-corrected chi connectivity index (χ0v) is 14.8. The highest BCUT2D eigenvalue weighted by molar-refractivity contribution is 7.90. The molecule has 1 aromatic rings. The molecule has 0 aliphatic heterocycles. The summed E-state index contributed by atoms with van der Waals surface area (Å²) in [7, 11) is -1.49. The monoisotopic (exact) mass is 395 g/mol. The molecule has 0 unspecified atom stereocenters. The van der Waals surface area contributed by atoms with Crippen LogP contribution in [0.5, 0.6) is 0 Å². The lowest BCUT2D eigenvalue weighted by atomic mass is 9.39. The van der Waals surface area contributed by atoms with Crippen LogP contribution in [0.3, 0.4) is 0 Å². The molecule has 4 rings (SSSR count). The second-order valence-corrected chi connectivity index (χ2v) is 9.01. The number of hydrogen-bond donors (Lipinski definition) is 2. The van der Waals surface area contributed by atoms with Gasteiger partial charge in [-0.3, -0.25) is 9.52 Å². The van der Waals surface area contributed by atoms with Gasteiger partial charge in [0.25, 0.3) is 5.91 Å². The smallest absolute Gasteiger partial charge is 0.346 e. The zero-order valence-electron chi connectivity index (χ0n) is 13.9. The van der Waals surface area contributed by atoms with Crippen LogP contribution in [0.15, 0.2) is 18.2 Å². The molecule has 0 heterocycles. The summed E-state index contributed by atoms with van der Waals surface area (Å²) < 4.78 is 79.0. The molecule has 0 aromatic heterocycles. The van der Waals surface area contributed by atoms with Gasteiger partial charge in [-0.05, 0) is 37.5 Å². The molecule has 3 aliphatic carbocycles. The van der Waals surface area contributed by atoms with E-state index in [-0.39, 0.29) is 30.5 Å². The number of anilines is 1. The highest BCUT2D eigenvalue weighted by Crippen LogP contribution is 2.73. The van der Waals surface area contributed by atoms with E-state index in [1.54, 1.807) is 0 Å². The number of hydrogen-bond acceptors (Lipinski definition) is 3. The topological polar surface area (TPSA) is 78.5 Å². The van der Waals surface area contributed by atoms with Gasteiger partial charge in [-0.25, -0.2) is 4.39 Å². The first kappa shape index (κ1) is 18.9. The molecule has 2 N–H and O–H groups in total. The van der Waals surface area contributed by atoms with Crippen LogP contribution in [0.1, 0.15) is 29.6 Å². The standard InChI is InChI=1S/C15H17F4N3O3S/c1-22(2)26(24,25)21-11-5-9(16)3-4-10(11)12(23)20-14-6-13(7-14,8-14)15(17,18)19/h3-5,21H,6-8H2,1-2H3,(H,20,23). The minimum Gasteiger partial charge on any atom is -0.346 e. The van der Waals surface area contributed by atoms with E-state index in [9.17, 15) is 30.8 Å². The molecule has 11 heteroatoms. The summed E-state index contributed by atoms with van der Waals surface area (Å²) in [5, 5.41) is 2.54. The summed E-state index contributed by atoms with van der Waals surface area (Å²) in [6.45, 7) is 0. The maximum Gasteiger partial charge on any atom is 0.394 e. The van der Waals surface area contributed by atoms with Crippen LogP contribution in [0.25, 0.3) is 0 Å². The molecule has 1 amide bonds. The van der Waals surface area contributed by atoms with Crippen molar-refractivity contribution in [2.75, 3.05) is 18.8 Å². The van der Waals surface area contributed by atoms with E-state index in [0.29, 0.717) is 0 Å². The van der Waals surface area contributed by atoms with Crippen LogP contribution < -0.4 is 10.0 Å². The molecule has 2 bridgehead atoms. The van der Waals surface area contributed by atoms with Crippen LogP contribution in [-0.2, 0) is 10.2 Å². The summed E-state index contributed by atoms with van der Waals surface area (Å²) in [5.74, 6) is -1.52. The number of nitrogens with one attached hydrogen (secondary N) is 2. The second-order valence-electron chi connectivity index (χ2n) is 7.12. The Morgan fingerprint density at radius 1 is 1.19 bits per heavy atom. The molecule has 3 saturated carbocycles. The maximum absolute atomic E-state index is 13.5. The van der Waals surface area contributed by atoms with Gasteiger partial charge >= 0.3 is 16.4 Å². The lowest BCUT2D eigenvalue weighted by molar-refractivity contribution is -0.336. The number of carbonyl (C=O) groups is 1. The Labute approximate surface area is 147 Å². The third-order valence-electron chi connectivity index (χ3n) is 4.96. The molecule has 3 aliphatic rings. The Hall–Kier alpha value is -1.88. The highest BCUT2D eigenvalue weighted by Gasteiger charge is 2.79. The lowest BCUT2D eigenvalue weighted by Crippen LogP contribution is -2.78. The van der Waals surface area contributed by atoms with E-state index in [1.165, 1.54) is 14.1 Å². The Morgan fingerprint density at radius 3 is 2.27 bits per heavy atom. The van der Waals surface area contributed by atoms with Crippen molar-refractivity contribution in [3.8, 4) is 0 Å². The van der Waals surface area contributed by atoms with Gasteiger partial charge in [0.1, 0.15) is 5.82 Å². The van der Waals surface area contributed by atoms with E-state index in [0.717, 1.165) is 22.5 Å². The molecule has 6 nitrogen and oxygen atoms in total. The van der Waals surface area contributed by atoms with Gasteiger partial charge in [0.05, 0.1) is 16.7 Å². The Morgan fingerprint density at radius 2 is 1.77 bits per heavy atom. The summed E-state index contributed by atoms with van der Waals surface area (Å²) >= 11 is 0. The van der Waals surface area contributed by atoms with Crippen molar-refractivity contribution in [1.29, 1.82) is 0 Å². The number of halogens is 4. The van der Waals surface area contributed by atoms with Crippen LogP contribution in [0, 0.1) is 11.2 Å². The lowest BCUT2D eigenvalue weighted by Gasteiger charge is -2.70. The molecule has 0 radical (unpaired) electrons. The Bertz CT molecular complexity index is 848. The van der Waals surface area contributed by atoms with Crippen molar-refractivity contribution in [3.63, 3.8) is 0 Å². The fourth-order valence-electron chi connectivity index (χ4n) is 3.56. The van der Waals surface area contributed by atoms with Crippen LogP contribution >= 0.6 is 0 Å². The van der Waals surface area contributed by atoms with Crippen molar-refractivity contribution in [1.82, 2.24) is 9.62 Å². The fourth-order valence-corrected chi connectivity index (χ4v) is 4.19. The van der Waals surface area contributed by atoms with Gasteiger partial charge in [-0.1, -0.05) is 0 Å². The van der Waals surface area contributed by atoms with Crippen molar-refractivity contribution >= 4 is 21.8 Å². The van der Waals surface area contributed by atoms with Crippen LogP contribution in [-0.4, -0.2) is 44.4 Å². The first-order valence-electron chi connectivity index (χ1n) is 7.68. The molecule has 0 spiro atoms. The van der Waals surface area contributed by atoms with Gasteiger partial charge in [0.2, 0.25) is 0 Å². The third kappa shape index (κ3) is 2.92. The number of nitrogens with zero attached hydrogens (tertiary/aromatic N) is 1. The van der Waals surface area contributed by atoms with Crippen molar-refractivity contribution < 1.29 is 30.8 Å². The van der Waals surface area contributed by atoms with E-state index in [4.69, 9.17) is 0 Å². The molecule has 0 saturated heterocycles. The van der Waals surface area contributed by atoms with E-state index >= 15 is 0 Å². The number of amides is 1. The number of alkyl halides is 3. The molecule has 3 fully saturated rings. The van der Waals surface area contributed by atoms with Gasteiger partial charge in [0, 0.05) is 19.6 Å². The number of rotatable bonds is 5. The van der Waals surface area contributed by atoms with Gasteiger partial charge in [-0.15, -0.1) is 0 Å². The quantitative estimate of drug-likeness (QED) is 0.751. The minimum atomic E-state index is -4.30. The molecule has 26 heavy (non-hydrogen) atoms. The second kappa shape index (κ2) is 5.56. The largest absolute Gasteiger partial charge is 0.394 e. The molecule has 1 aromatic carbocycles. The first-order valence-corrected chi connectivity index (χ1v) is 9.12. The maximum atomic E-state index is 13.5. The normalized spacial score (nSPS) is 27.5. The molecular formula is C15H17F4N3O3S. The van der Waals surface area contributed by atoms with E-state index in [1.807, 2.05) is 0 Å². The fraction of sp³-hybridized carbons (Fsp3) is 0.533. The minimum absolute atomic E-state index is 0.164. The molecule has 144 valence electrons. The van der Waals surface area contributed by atoms with Crippen molar-refractivity contribution in [2.24, 2.45) is 5.41 Å². The van der Waals surface area contributed by atoms with Crippen molar-refractivity contribution in [2.45, 2.75) is 31.0 Å². The average Bonchev–Trinajstić information content (AvgIpc) is 2.38. The highest BCUT2D eigenvalue weighted by atomic mass is 32.2. The SMILES string of the molecule is CN(C)S(=O)(=O)Nc1cc(F)ccc1C(=O)NC12CC(C(F)(F)F)(C1)C2. The zero-order chi connectivity index (χ0) is 19.5. The van der Waals surface area contributed by atoms with E-state index in [2.05, 4.69) is 10.0 Å². The average molecular weight is 395 g/mol. The van der Waals surface area contributed by atoms with Gasteiger partial charge in [-0.2, -0.15) is 25.9 Å². The summed E-state index contributed by atoms with van der Waals surface area (Å²) in [6, 6.07) is 2.90. The Balaban J connectivity index is 1.77. The van der Waals surface area contributed by atoms with Crippen LogP contribution in [0.4, 0.5) is 23.2 Å². The Kier molecular flexibility index (Phi) is 4.04. The summed E-state index contributed by atoms with van der Waals surface area (Å²) in [6.07, 6.45) is -4.90. The van der Waals surface area contributed by atoms with Crippen LogP contribution in [0.2, 0.25) is 0 Å². The van der Waals surface area contributed by atoms with E-state index < -0.39 is 39.1 Å². The summed E-state index contributed by atoms with van der Waals surface area (Å²) in [5.41, 5.74) is -3.10. The molecule has 0 atom stereocenters. The van der Waals surface area contributed by atoms with Crippen molar-refractivity contribution in [3.05, 3.63) is 29.6 Å².